The lowest BCUT2D eigenvalue weighted by Crippen LogP contribution is -2.32. The second-order valence-electron chi connectivity index (χ2n) is 3.76. The topological polar surface area (TPSA) is 71.4 Å². The molecule has 0 saturated heterocycles. The predicted octanol–water partition coefficient (Wildman–Crippen LogP) is 1.84. The lowest BCUT2D eigenvalue weighted by Gasteiger charge is -2.11. The van der Waals surface area contributed by atoms with Crippen molar-refractivity contribution in [3.8, 4) is 0 Å². The molecule has 0 atom stereocenters. The van der Waals surface area contributed by atoms with Crippen molar-refractivity contribution in [2.75, 3.05) is 0 Å². The summed E-state index contributed by atoms with van der Waals surface area (Å²) in [4.78, 5) is 11.0. The molecular formula is C10H9BrO4S. The Kier molecular flexibility index (Phi) is 2.58. The van der Waals surface area contributed by atoms with Gasteiger partial charge in [-0.2, -0.15) is 0 Å². The van der Waals surface area contributed by atoms with Crippen molar-refractivity contribution in [3.63, 3.8) is 0 Å². The summed E-state index contributed by atoms with van der Waals surface area (Å²) in [6, 6.07) is 6.01. The average Bonchev–Trinajstić information content (AvgIpc) is 2.98. The number of aliphatic carboxylic acids is 1. The predicted molar refractivity (Wildman–Crippen MR) is 60.9 cm³/mol. The molecule has 1 saturated carbocycles. The van der Waals surface area contributed by atoms with E-state index in [0.717, 1.165) is 4.47 Å². The number of rotatable bonds is 3. The molecule has 6 heteroatoms. The Hall–Kier alpha value is -0.880. The van der Waals surface area contributed by atoms with Crippen molar-refractivity contribution >= 4 is 31.7 Å². The Morgan fingerprint density at radius 3 is 2.12 bits per heavy atom. The molecule has 0 aliphatic heterocycles. The van der Waals surface area contributed by atoms with Gasteiger partial charge in [0.25, 0.3) is 0 Å². The molecule has 0 heterocycles. The molecule has 0 radical (unpaired) electrons. The van der Waals surface area contributed by atoms with Crippen molar-refractivity contribution < 1.29 is 18.3 Å². The monoisotopic (exact) mass is 304 g/mol. The Morgan fingerprint density at radius 1 is 1.25 bits per heavy atom. The molecule has 2 rings (SSSR count). The lowest BCUT2D eigenvalue weighted by molar-refractivity contribution is -0.137. The Morgan fingerprint density at radius 2 is 1.75 bits per heavy atom. The molecule has 1 aliphatic rings. The van der Waals surface area contributed by atoms with Crippen LogP contribution in [0.3, 0.4) is 0 Å². The van der Waals surface area contributed by atoms with Crippen molar-refractivity contribution in [3.05, 3.63) is 28.7 Å². The van der Waals surface area contributed by atoms with Crippen LogP contribution in [0.5, 0.6) is 0 Å². The third kappa shape index (κ3) is 1.56. The molecule has 0 aromatic heterocycles. The highest BCUT2D eigenvalue weighted by atomic mass is 79.9. The molecule has 1 aliphatic carbocycles. The summed E-state index contributed by atoms with van der Waals surface area (Å²) in [5, 5.41) is 8.97. The highest BCUT2D eigenvalue weighted by molar-refractivity contribution is 9.10. The smallest absolute Gasteiger partial charge is 0.325 e. The van der Waals surface area contributed by atoms with E-state index in [0.29, 0.717) is 0 Å². The van der Waals surface area contributed by atoms with E-state index in [1.165, 1.54) is 12.1 Å². The fourth-order valence-electron chi connectivity index (χ4n) is 1.55. The summed E-state index contributed by atoms with van der Waals surface area (Å²) in [5.41, 5.74) is 0. The maximum absolute atomic E-state index is 12.1. The molecule has 0 spiro atoms. The highest BCUT2D eigenvalue weighted by Gasteiger charge is 2.61. The quantitative estimate of drug-likeness (QED) is 0.925. The number of carbonyl (C=O) groups is 1. The van der Waals surface area contributed by atoms with Gasteiger partial charge in [0, 0.05) is 4.47 Å². The summed E-state index contributed by atoms with van der Waals surface area (Å²) < 4.78 is 23.3. The summed E-state index contributed by atoms with van der Waals surface area (Å²) in [7, 11) is -3.76. The van der Waals surface area contributed by atoms with Gasteiger partial charge in [-0.15, -0.1) is 0 Å². The van der Waals surface area contributed by atoms with Crippen LogP contribution in [0, 0.1) is 0 Å². The molecule has 16 heavy (non-hydrogen) atoms. The summed E-state index contributed by atoms with van der Waals surface area (Å²) in [5.74, 6) is -1.25. The highest BCUT2D eigenvalue weighted by Crippen LogP contribution is 2.47. The van der Waals surface area contributed by atoms with Crippen molar-refractivity contribution in [1.29, 1.82) is 0 Å². The first-order valence-corrected chi connectivity index (χ1v) is 6.91. The number of halogens is 1. The molecule has 86 valence electrons. The number of carboxylic acid groups (broad SMARTS) is 1. The number of hydrogen-bond acceptors (Lipinski definition) is 3. The van der Waals surface area contributed by atoms with Gasteiger partial charge in [0.2, 0.25) is 0 Å². The SMILES string of the molecule is O=C(O)C1(S(=O)(=O)c2ccc(Br)cc2)CC1. The van der Waals surface area contributed by atoms with Crippen molar-refractivity contribution in [2.45, 2.75) is 22.5 Å². The minimum Gasteiger partial charge on any atom is -0.480 e. The molecule has 1 N–H and O–H groups in total. The molecule has 1 aromatic carbocycles. The number of hydrogen-bond donors (Lipinski definition) is 1. The second kappa shape index (κ2) is 3.56. The standard InChI is InChI=1S/C10H9BrO4S/c11-7-1-3-8(4-2-7)16(14,15)10(5-6-10)9(12)13/h1-4H,5-6H2,(H,12,13). The molecule has 0 bridgehead atoms. The first-order valence-electron chi connectivity index (χ1n) is 4.64. The van der Waals surface area contributed by atoms with E-state index in [2.05, 4.69) is 15.9 Å². The Bertz CT molecular complexity index is 528. The van der Waals surface area contributed by atoms with E-state index in [4.69, 9.17) is 5.11 Å². The minimum absolute atomic E-state index is 0.0654. The van der Waals surface area contributed by atoms with E-state index >= 15 is 0 Å². The summed E-state index contributed by atoms with van der Waals surface area (Å²) in [6.45, 7) is 0. The molecule has 1 aromatic rings. The first kappa shape index (κ1) is 11.6. The van der Waals surface area contributed by atoms with Gasteiger partial charge >= 0.3 is 5.97 Å². The number of benzene rings is 1. The van der Waals surface area contributed by atoms with Gasteiger partial charge in [-0.3, -0.25) is 4.79 Å². The molecule has 0 unspecified atom stereocenters. The number of sulfone groups is 1. The lowest BCUT2D eigenvalue weighted by atomic mass is 10.4. The third-order valence-corrected chi connectivity index (χ3v) is 5.77. The third-order valence-electron chi connectivity index (χ3n) is 2.73. The minimum atomic E-state index is -3.76. The second-order valence-corrected chi connectivity index (χ2v) is 6.93. The van der Waals surface area contributed by atoms with E-state index in [1.54, 1.807) is 12.1 Å². The van der Waals surface area contributed by atoms with Gasteiger partial charge in [0.05, 0.1) is 4.90 Å². The van der Waals surface area contributed by atoms with E-state index in [1.807, 2.05) is 0 Å². The Balaban J connectivity index is 2.48. The van der Waals surface area contributed by atoms with E-state index in [9.17, 15) is 13.2 Å². The van der Waals surface area contributed by atoms with Crippen LogP contribution in [-0.4, -0.2) is 24.2 Å². The van der Waals surface area contributed by atoms with Gasteiger partial charge in [-0.05, 0) is 37.1 Å². The zero-order chi connectivity index (χ0) is 12.0. The van der Waals surface area contributed by atoms with Crippen LogP contribution in [0.2, 0.25) is 0 Å². The van der Waals surface area contributed by atoms with Crippen LogP contribution >= 0.6 is 15.9 Å². The summed E-state index contributed by atoms with van der Waals surface area (Å²) >= 11 is 3.20. The molecular weight excluding hydrogens is 296 g/mol. The van der Waals surface area contributed by atoms with Gasteiger partial charge in [-0.25, -0.2) is 8.42 Å². The summed E-state index contributed by atoms with van der Waals surface area (Å²) in [6.07, 6.45) is 0.390. The van der Waals surface area contributed by atoms with E-state index in [-0.39, 0.29) is 17.7 Å². The van der Waals surface area contributed by atoms with Gasteiger partial charge in [-0.1, -0.05) is 15.9 Å². The average molecular weight is 305 g/mol. The van der Waals surface area contributed by atoms with Crippen LogP contribution in [0.25, 0.3) is 0 Å². The van der Waals surface area contributed by atoms with E-state index < -0.39 is 20.6 Å². The van der Waals surface area contributed by atoms with Crippen LogP contribution in [0.1, 0.15) is 12.8 Å². The fraction of sp³-hybridized carbons (Fsp3) is 0.300. The fourth-order valence-corrected chi connectivity index (χ4v) is 3.63. The molecule has 1 fully saturated rings. The largest absolute Gasteiger partial charge is 0.480 e. The van der Waals surface area contributed by atoms with Crippen LogP contribution < -0.4 is 0 Å². The normalized spacial score (nSPS) is 18.1. The van der Waals surface area contributed by atoms with Crippen molar-refractivity contribution in [1.82, 2.24) is 0 Å². The van der Waals surface area contributed by atoms with Crippen LogP contribution in [0.4, 0.5) is 0 Å². The Labute approximate surface area is 101 Å². The van der Waals surface area contributed by atoms with Gasteiger partial charge in [0.1, 0.15) is 0 Å². The zero-order valence-corrected chi connectivity index (χ0v) is 10.6. The van der Waals surface area contributed by atoms with Gasteiger partial charge < -0.3 is 5.11 Å². The van der Waals surface area contributed by atoms with Crippen LogP contribution in [0.15, 0.2) is 33.6 Å². The number of carboxylic acids is 1. The maximum atomic E-state index is 12.1. The molecule has 4 nitrogen and oxygen atoms in total. The van der Waals surface area contributed by atoms with Crippen molar-refractivity contribution in [2.24, 2.45) is 0 Å². The van der Waals surface area contributed by atoms with Crippen LogP contribution in [-0.2, 0) is 14.6 Å². The maximum Gasteiger partial charge on any atom is 0.325 e. The zero-order valence-electron chi connectivity index (χ0n) is 8.18. The van der Waals surface area contributed by atoms with Gasteiger partial charge in [0.15, 0.2) is 14.6 Å². The molecule has 0 amide bonds. The first-order chi connectivity index (χ1) is 7.40.